The van der Waals surface area contributed by atoms with Crippen molar-refractivity contribution in [2.45, 2.75) is 13.3 Å². The topological polar surface area (TPSA) is 83.8 Å². The number of anilines is 2. The largest absolute Gasteiger partial charge is 0.495 e. The van der Waals surface area contributed by atoms with Crippen LogP contribution >= 0.6 is 0 Å². The number of carbonyl (C=O) groups is 2. The van der Waals surface area contributed by atoms with Crippen molar-refractivity contribution in [3.05, 3.63) is 66.2 Å². The number of carbonyl (C=O) groups excluding carboxylic acids is 2. The van der Waals surface area contributed by atoms with E-state index >= 15 is 0 Å². The first kappa shape index (κ1) is 22.4. The van der Waals surface area contributed by atoms with E-state index in [0.29, 0.717) is 17.0 Å². The Morgan fingerprint density at radius 2 is 1.55 bits per heavy atom. The van der Waals surface area contributed by atoms with Crippen LogP contribution in [0.4, 0.5) is 11.4 Å². The lowest BCUT2D eigenvalue weighted by atomic mass is 10.1. The number of amides is 2. The van der Waals surface area contributed by atoms with E-state index in [0.717, 1.165) is 34.0 Å². The summed E-state index contributed by atoms with van der Waals surface area (Å²) in [6.45, 7) is 2.17. The Morgan fingerprint density at radius 1 is 0.879 bits per heavy atom. The Kier molecular flexibility index (Phi) is 6.60. The number of para-hydroxylation sites is 2. The van der Waals surface area contributed by atoms with Crippen molar-refractivity contribution in [1.82, 2.24) is 4.90 Å². The molecule has 0 saturated carbocycles. The number of fused-ring (bicyclic) bond motifs is 3. The number of nitrogens with one attached hydrogen (secondary N) is 2. The maximum Gasteiger partial charge on any atom is 0.238 e. The molecule has 0 unspecified atom stereocenters. The minimum Gasteiger partial charge on any atom is -0.495 e. The van der Waals surface area contributed by atoms with Gasteiger partial charge in [0.25, 0.3) is 0 Å². The van der Waals surface area contributed by atoms with Crippen LogP contribution in [-0.2, 0) is 16.0 Å². The van der Waals surface area contributed by atoms with Crippen LogP contribution in [0.3, 0.4) is 0 Å². The standard InChI is InChI=1S/C26H27N3O4/c1-4-17-9-5-7-11-20(17)27-25(30)15-29(2)16-26(31)28-21-14-23-19(13-24(21)32-3)18-10-6-8-12-22(18)33-23/h5-14H,4,15-16H2,1-3H3,(H,27,30)(H,28,31). The summed E-state index contributed by atoms with van der Waals surface area (Å²) >= 11 is 0. The SMILES string of the molecule is CCc1ccccc1NC(=O)CN(C)CC(=O)Nc1cc2oc3ccccc3c2cc1OC. The summed E-state index contributed by atoms with van der Waals surface area (Å²) in [5.74, 6) is 0.111. The number of likely N-dealkylation sites (N-methyl/N-ethyl adjacent to an activating group) is 1. The van der Waals surface area contributed by atoms with Crippen LogP contribution in [0.1, 0.15) is 12.5 Å². The third-order valence-corrected chi connectivity index (χ3v) is 5.47. The number of benzene rings is 3. The second-order valence-corrected chi connectivity index (χ2v) is 7.93. The van der Waals surface area contributed by atoms with Gasteiger partial charge in [-0.25, -0.2) is 0 Å². The average molecular weight is 446 g/mol. The molecule has 0 saturated heterocycles. The molecular weight excluding hydrogens is 418 g/mol. The number of hydrogen-bond donors (Lipinski definition) is 2. The van der Waals surface area contributed by atoms with Gasteiger partial charge in [-0.1, -0.05) is 43.3 Å². The third kappa shape index (κ3) is 4.99. The molecule has 3 aromatic carbocycles. The van der Waals surface area contributed by atoms with Crippen LogP contribution in [0.25, 0.3) is 21.9 Å². The first-order valence-corrected chi connectivity index (χ1v) is 10.8. The lowest BCUT2D eigenvalue weighted by molar-refractivity contribution is -0.119. The molecule has 2 amide bonds. The van der Waals surface area contributed by atoms with E-state index in [1.807, 2.05) is 61.5 Å². The highest BCUT2D eigenvalue weighted by molar-refractivity contribution is 6.08. The van der Waals surface area contributed by atoms with E-state index in [1.54, 1.807) is 25.1 Å². The molecule has 1 heterocycles. The highest BCUT2D eigenvalue weighted by atomic mass is 16.5. The van der Waals surface area contributed by atoms with Crippen LogP contribution in [-0.4, -0.2) is 44.0 Å². The zero-order valence-corrected chi connectivity index (χ0v) is 19.0. The fraction of sp³-hybridized carbons (Fsp3) is 0.231. The van der Waals surface area contributed by atoms with Crippen molar-refractivity contribution < 1.29 is 18.7 Å². The maximum absolute atomic E-state index is 12.7. The Hall–Kier alpha value is -3.84. The van der Waals surface area contributed by atoms with Gasteiger partial charge in [-0.15, -0.1) is 0 Å². The minimum absolute atomic E-state index is 0.0458. The number of furan rings is 1. The molecule has 4 aromatic rings. The second-order valence-electron chi connectivity index (χ2n) is 7.93. The van der Waals surface area contributed by atoms with Crippen molar-refractivity contribution in [3.8, 4) is 5.75 Å². The molecule has 0 aliphatic carbocycles. The Balaban J connectivity index is 1.41. The van der Waals surface area contributed by atoms with Crippen molar-refractivity contribution in [2.75, 3.05) is 37.9 Å². The zero-order valence-electron chi connectivity index (χ0n) is 19.0. The number of methoxy groups -OCH3 is 1. The van der Waals surface area contributed by atoms with Crippen molar-refractivity contribution in [1.29, 1.82) is 0 Å². The molecule has 170 valence electrons. The van der Waals surface area contributed by atoms with Crippen LogP contribution in [0.2, 0.25) is 0 Å². The Morgan fingerprint density at radius 3 is 2.27 bits per heavy atom. The molecule has 0 radical (unpaired) electrons. The monoisotopic (exact) mass is 445 g/mol. The summed E-state index contributed by atoms with van der Waals surface area (Å²) in [5, 5.41) is 7.70. The fourth-order valence-electron chi connectivity index (χ4n) is 3.89. The van der Waals surface area contributed by atoms with Gasteiger partial charge in [0, 0.05) is 22.5 Å². The lowest BCUT2D eigenvalue weighted by Gasteiger charge is -2.17. The van der Waals surface area contributed by atoms with Gasteiger partial charge in [0.2, 0.25) is 11.8 Å². The maximum atomic E-state index is 12.7. The molecule has 0 atom stereocenters. The minimum atomic E-state index is -0.256. The molecule has 7 nitrogen and oxygen atoms in total. The fourth-order valence-corrected chi connectivity index (χ4v) is 3.89. The Labute approximate surface area is 192 Å². The number of rotatable bonds is 8. The molecule has 4 rings (SSSR count). The molecule has 1 aromatic heterocycles. The first-order chi connectivity index (χ1) is 16.0. The molecule has 7 heteroatoms. The predicted molar refractivity (Wildman–Crippen MR) is 131 cm³/mol. The van der Waals surface area contributed by atoms with E-state index in [1.165, 1.54) is 0 Å². The molecule has 0 aliphatic heterocycles. The summed E-state index contributed by atoms with van der Waals surface area (Å²) < 4.78 is 11.4. The highest BCUT2D eigenvalue weighted by Crippen LogP contribution is 2.36. The van der Waals surface area contributed by atoms with Gasteiger partial charge in [0.15, 0.2) is 0 Å². The van der Waals surface area contributed by atoms with E-state index in [9.17, 15) is 9.59 Å². The van der Waals surface area contributed by atoms with Crippen LogP contribution in [0.5, 0.6) is 5.75 Å². The number of hydrogen-bond acceptors (Lipinski definition) is 5. The van der Waals surface area contributed by atoms with Crippen molar-refractivity contribution in [3.63, 3.8) is 0 Å². The predicted octanol–water partition coefficient (Wildman–Crippen LogP) is 4.67. The van der Waals surface area contributed by atoms with Gasteiger partial charge < -0.3 is 19.8 Å². The third-order valence-electron chi connectivity index (χ3n) is 5.47. The van der Waals surface area contributed by atoms with Crippen molar-refractivity contribution >= 4 is 45.1 Å². The molecule has 0 spiro atoms. The summed E-state index contributed by atoms with van der Waals surface area (Å²) in [4.78, 5) is 26.8. The van der Waals surface area contributed by atoms with Gasteiger partial charge in [-0.05, 0) is 37.2 Å². The summed E-state index contributed by atoms with van der Waals surface area (Å²) in [5.41, 5.74) is 3.82. The van der Waals surface area contributed by atoms with Crippen LogP contribution in [0.15, 0.2) is 65.1 Å². The highest BCUT2D eigenvalue weighted by Gasteiger charge is 2.16. The molecule has 0 bridgehead atoms. The van der Waals surface area contributed by atoms with Crippen molar-refractivity contribution in [2.24, 2.45) is 0 Å². The zero-order chi connectivity index (χ0) is 23.4. The quantitative estimate of drug-likeness (QED) is 0.412. The molecular formula is C26H27N3O4. The molecule has 0 fully saturated rings. The second kappa shape index (κ2) is 9.75. The summed E-state index contributed by atoms with van der Waals surface area (Å²) in [6, 6.07) is 19.1. The molecule has 0 aliphatic rings. The number of aryl methyl sites for hydroxylation is 1. The summed E-state index contributed by atoms with van der Waals surface area (Å²) in [6.07, 6.45) is 0.826. The van der Waals surface area contributed by atoms with E-state index in [-0.39, 0.29) is 24.9 Å². The van der Waals surface area contributed by atoms with Gasteiger partial charge in [-0.3, -0.25) is 14.5 Å². The van der Waals surface area contributed by atoms with Crippen LogP contribution in [0, 0.1) is 0 Å². The van der Waals surface area contributed by atoms with E-state index < -0.39 is 0 Å². The smallest absolute Gasteiger partial charge is 0.238 e. The number of ether oxygens (including phenoxy) is 1. The van der Waals surface area contributed by atoms with Crippen LogP contribution < -0.4 is 15.4 Å². The van der Waals surface area contributed by atoms with Gasteiger partial charge in [-0.2, -0.15) is 0 Å². The Bertz CT molecular complexity index is 1310. The first-order valence-electron chi connectivity index (χ1n) is 10.8. The average Bonchev–Trinajstić information content (AvgIpc) is 3.15. The summed E-state index contributed by atoms with van der Waals surface area (Å²) in [7, 11) is 3.29. The van der Waals surface area contributed by atoms with E-state index in [4.69, 9.17) is 9.15 Å². The molecule has 33 heavy (non-hydrogen) atoms. The number of nitrogens with zero attached hydrogens (tertiary/aromatic N) is 1. The normalized spacial score (nSPS) is 11.2. The van der Waals surface area contributed by atoms with Gasteiger partial charge in [0.05, 0.1) is 25.9 Å². The van der Waals surface area contributed by atoms with E-state index in [2.05, 4.69) is 10.6 Å². The van der Waals surface area contributed by atoms with Gasteiger partial charge in [0.1, 0.15) is 16.9 Å². The molecule has 2 N–H and O–H groups in total. The van der Waals surface area contributed by atoms with Gasteiger partial charge >= 0.3 is 0 Å². The lowest BCUT2D eigenvalue weighted by Crippen LogP contribution is -2.36.